The van der Waals surface area contributed by atoms with E-state index in [9.17, 15) is 9.18 Å². The molecule has 3 aromatic rings. The van der Waals surface area contributed by atoms with E-state index in [1.165, 1.54) is 23.9 Å². The van der Waals surface area contributed by atoms with Gasteiger partial charge in [0.1, 0.15) is 5.82 Å². The van der Waals surface area contributed by atoms with Crippen LogP contribution in [0.1, 0.15) is 18.1 Å². The number of thioether (sulfide) groups is 1. The normalized spacial score (nSPS) is 10.7. The van der Waals surface area contributed by atoms with Gasteiger partial charge in [0.25, 0.3) is 0 Å². The van der Waals surface area contributed by atoms with Gasteiger partial charge in [0.2, 0.25) is 11.1 Å². The van der Waals surface area contributed by atoms with E-state index in [4.69, 9.17) is 0 Å². The van der Waals surface area contributed by atoms with E-state index in [2.05, 4.69) is 27.4 Å². The van der Waals surface area contributed by atoms with Gasteiger partial charge < -0.3 is 5.32 Å². The summed E-state index contributed by atoms with van der Waals surface area (Å²) in [6.07, 6.45) is 0.854. The molecule has 5 nitrogen and oxygen atoms in total. The van der Waals surface area contributed by atoms with Crippen LogP contribution in [0.5, 0.6) is 0 Å². The number of amides is 1. The van der Waals surface area contributed by atoms with Crippen molar-refractivity contribution in [3.63, 3.8) is 0 Å². The molecule has 0 radical (unpaired) electrons. The minimum absolute atomic E-state index is 0.105. The zero-order valence-electron chi connectivity index (χ0n) is 14.5. The highest BCUT2D eigenvalue weighted by Crippen LogP contribution is 2.23. The van der Waals surface area contributed by atoms with Crippen LogP contribution in [0.25, 0.3) is 11.4 Å². The zero-order chi connectivity index (χ0) is 18.5. The predicted molar refractivity (Wildman–Crippen MR) is 102 cm³/mol. The molecule has 1 heterocycles. The first-order valence-corrected chi connectivity index (χ1v) is 9.25. The van der Waals surface area contributed by atoms with Gasteiger partial charge in [0, 0.05) is 11.3 Å². The van der Waals surface area contributed by atoms with E-state index in [0.29, 0.717) is 11.0 Å². The smallest absolute Gasteiger partial charge is 0.234 e. The molecule has 0 aliphatic carbocycles. The van der Waals surface area contributed by atoms with Crippen molar-refractivity contribution in [1.29, 1.82) is 0 Å². The first-order chi connectivity index (χ1) is 12.6. The van der Waals surface area contributed by atoms with Crippen molar-refractivity contribution in [2.24, 2.45) is 0 Å². The maximum absolute atomic E-state index is 13.0. The quantitative estimate of drug-likeness (QED) is 0.638. The Labute approximate surface area is 155 Å². The first-order valence-electron chi connectivity index (χ1n) is 8.26. The molecule has 0 spiro atoms. The lowest BCUT2D eigenvalue weighted by Crippen LogP contribution is -2.16. The highest BCUT2D eigenvalue weighted by atomic mass is 32.2. The lowest BCUT2D eigenvalue weighted by atomic mass is 10.1. The number of benzene rings is 2. The number of H-pyrrole nitrogens is 1. The second-order valence-corrected chi connectivity index (χ2v) is 6.72. The SMILES string of the molecule is CCc1cccc(C)c1NC(=O)CSc1n[nH]c(-c2ccc(F)cc2)n1. The van der Waals surface area contributed by atoms with Gasteiger partial charge in [-0.05, 0) is 48.7 Å². The van der Waals surface area contributed by atoms with Gasteiger partial charge in [0.15, 0.2) is 5.82 Å². The monoisotopic (exact) mass is 370 g/mol. The number of carbonyl (C=O) groups excluding carboxylic acids is 1. The van der Waals surface area contributed by atoms with Crippen molar-refractivity contribution < 1.29 is 9.18 Å². The molecular formula is C19H19FN4OS. The van der Waals surface area contributed by atoms with E-state index in [1.54, 1.807) is 12.1 Å². The number of aromatic amines is 1. The van der Waals surface area contributed by atoms with Crippen LogP contribution in [-0.2, 0) is 11.2 Å². The molecule has 3 rings (SSSR count). The van der Waals surface area contributed by atoms with Crippen LogP contribution in [-0.4, -0.2) is 26.8 Å². The number of nitrogens with zero attached hydrogens (tertiary/aromatic N) is 2. The summed E-state index contributed by atoms with van der Waals surface area (Å²) in [7, 11) is 0. The average molecular weight is 370 g/mol. The third kappa shape index (κ3) is 4.29. The fourth-order valence-corrected chi connectivity index (χ4v) is 3.15. The topological polar surface area (TPSA) is 70.7 Å². The molecular weight excluding hydrogens is 351 g/mol. The number of hydrogen-bond acceptors (Lipinski definition) is 4. The molecule has 134 valence electrons. The highest BCUT2D eigenvalue weighted by Gasteiger charge is 2.12. The maximum atomic E-state index is 13.0. The molecule has 1 aromatic heterocycles. The third-order valence-electron chi connectivity index (χ3n) is 3.92. The van der Waals surface area contributed by atoms with Gasteiger partial charge >= 0.3 is 0 Å². The fourth-order valence-electron chi connectivity index (χ4n) is 2.56. The van der Waals surface area contributed by atoms with Gasteiger partial charge in [-0.2, -0.15) is 0 Å². The molecule has 0 atom stereocenters. The van der Waals surface area contributed by atoms with Crippen LogP contribution in [0, 0.1) is 12.7 Å². The van der Waals surface area contributed by atoms with E-state index in [0.717, 1.165) is 28.8 Å². The zero-order valence-corrected chi connectivity index (χ0v) is 15.4. The number of aryl methyl sites for hydroxylation is 2. The second kappa shape index (κ2) is 8.14. The van der Waals surface area contributed by atoms with E-state index in [-0.39, 0.29) is 17.5 Å². The summed E-state index contributed by atoms with van der Waals surface area (Å²) in [6.45, 7) is 4.04. The maximum Gasteiger partial charge on any atom is 0.234 e. The van der Waals surface area contributed by atoms with Crippen LogP contribution in [0.4, 0.5) is 10.1 Å². The number of anilines is 1. The molecule has 0 aliphatic rings. The molecule has 2 N–H and O–H groups in total. The Morgan fingerprint density at radius 2 is 2.00 bits per heavy atom. The van der Waals surface area contributed by atoms with Crippen LogP contribution < -0.4 is 5.32 Å². The molecule has 2 aromatic carbocycles. The summed E-state index contributed by atoms with van der Waals surface area (Å²) in [5.41, 5.74) is 3.77. The molecule has 0 unspecified atom stereocenters. The summed E-state index contributed by atoms with van der Waals surface area (Å²) in [5.74, 6) is 0.340. The van der Waals surface area contributed by atoms with Gasteiger partial charge in [-0.15, -0.1) is 5.10 Å². The van der Waals surface area contributed by atoms with E-state index in [1.807, 2.05) is 25.1 Å². The molecule has 26 heavy (non-hydrogen) atoms. The average Bonchev–Trinajstić information content (AvgIpc) is 3.11. The van der Waals surface area contributed by atoms with Gasteiger partial charge in [-0.3, -0.25) is 9.89 Å². The Morgan fingerprint density at radius 1 is 1.23 bits per heavy atom. The number of rotatable bonds is 6. The summed E-state index contributed by atoms with van der Waals surface area (Å²) in [4.78, 5) is 16.6. The number of carbonyl (C=O) groups is 1. The molecule has 1 amide bonds. The molecule has 7 heteroatoms. The number of hydrogen-bond donors (Lipinski definition) is 2. The number of aromatic nitrogens is 3. The molecule has 0 bridgehead atoms. The lowest BCUT2D eigenvalue weighted by molar-refractivity contribution is -0.113. The van der Waals surface area contributed by atoms with Crippen molar-refractivity contribution >= 4 is 23.4 Å². The number of para-hydroxylation sites is 1. The van der Waals surface area contributed by atoms with Crippen molar-refractivity contribution in [2.45, 2.75) is 25.4 Å². The summed E-state index contributed by atoms with van der Waals surface area (Å²) in [6, 6.07) is 12.0. The standard InChI is InChI=1S/C19H19FN4OS/c1-3-13-6-4-5-12(2)17(13)21-16(25)11-26-19-22-18(23-24-19)14-7-9-15(20)10-8-14/h4-10H,3,11H2,1-2H3,(H,21,25)(H,22,23,24). The van der Waals surface area contributed by atoms with Crippen molar-refractivity contribution in [3.05, 3.63) is 59.4 Å². The molecule has 0 fully saturated rings. The van der Waals surface area contributed by atoms with E-state index >= 15 is 0 Å². The Balaban J connectivity index is 1.61. The fraction of sp³-hybridized carbons (Fsp3) is 0.211. The Bertz CT molecular complexity index is 908. The van der Waals surface area contributed by atoms with Crippen molar-refractivity contribution in [2.75, 3.05) is 11.1 Å². The van der Waals surface area contributed by atoms with Gasteiger partial charge in [-0.25, -0.2) is 9.37 Å². The molecule has 0 saturated carbocycles. The third-order valence-corrected chi connectivity index (χ3v) is 4.77. The van der Waals surface area contributed by atoms with Crippen LogP contribution >= 0.6 is 11.8 Å². The molecule has 0 saturated heterocycles. The van der Waals surface area contributed by atoms with Crippen LogP contribution in [0.15, 0.2) is 47.6 Å². The van der Waals surface area contributed by atoms with Gasteiger partial charge in [0.05, 0.1) is 5.75 Å². The lowest BCUT2D eigenvalue weighted by Gasteiger charge is -2.12. The van der Waals surface area contributed by atoms with Crippen molar-refractivity contribution in [3.8, 4) is 11.4 Å². The first kappa shape index (κ1) is 18.1. The Kier molecular flexibility index (Phi) is 5.68. The summed E-state index contributed by atoms with van der Waals surface area (Å²) in [5, 5.41) is 10.4. The van der Waals surface area contributed by atoms with Crippen molar-refractivity contribution in [1.82, 2.24) is 15.2 Å². The van der Waals surface area contributed by atoms with Crippen LogP contribution in [0.3, 0.4) is 0 Å². The minimum atomic E-state index is -0.304. The summed E-state index contributed by atoms with van der Waals surface area (Å²) >= 11 is 1.25. The Hall–Kier alpha value is -2.67. The summed E-state index contributed by atoms with van der Waals surface area (Å²) < 4.78 is 13.0. The predicted octanol–water partition coefficient (Wildman–Crippen LogP) is 4.21. The van der Waals surface area contributed by atoms with Gasteiger partial charge in [-0.1, -0.05) is 36.9 Å². The van der Waals surface area contributed by atoms with Crippen LogP contribution in [0.2, 0.25) is 0 Å². The molecule has 0 aliphatic heterocycles. The largest absolute Gasteiger partial charge is 0.325 e. The number of halogens is 1. The second-order valence-electron chi connectivity index (χ2n) is 5.77. The Morgan fingerprint density at radius 3 is 2.73 bits per heavy atom. The number of nitrogens with one attached hydrogen (secondary N) is 2. The van der Waals surface area contributed by atoms with E-state index < -0.39 is 0 Å². The highest BCUT2D eigenvalue weighted by molar-refractivity contribution is 7.99. The minimum Gasteiger partial charge on any atom is -0.325 e.